The molecule has 6 rings (SSSR count). The maximum absolute atomic E-state index is 13.2. The lowest BCUT2D eigenvalue weighted by atomic mass is 9.96. The fourth-order valence-corrected chi connectivity index (χ4v) is 4.99. The number of aromatic nitrogens is 7. The van der Waals surface area contributed by atoms with Gasteiger partial charge in [0.15, 0.2) is 5.69 Å². The van der Waals surface area contributed by atoms with Crippen molar-refractivity contribution < 1.29 is 9.53 Å². The highest BCUT2D eigenvalue weighted by molar-refractivity contribution is 5.92. The van der Waals surface area contributed by atoms with E-state index >= 15 is 0 Å². The van der Waals surface area contributed by atoms with Crippen LogP contribution in [0.5, 0.6) is 0 Å². The predicted octanol–water partition coefficient (Wildman–Crippen LogP) is 3.34. The first-order chi connectivity index (χ1) is 19.2. The highest BCUT2D eigenvalue weighted by Gasteiger charge is 2.32. The van der Waals surface area contributed by atoms with Gasteiger partial charge in [-0.1, -0.05) is 17.3 Å². The van der Waals surface area contributed by atoms with Crippen molar-refractivity contribution in [2.24, 2.45) is 0 Å². The first-order valence-electron chi connectivity index (χ1n) is 13.5. The monoisotopic (exact) mass is 542 g/mol. The van der Waals surface area contributed by atoms with E-state index in [4.69, 9.17) is 9.72 Å². The number of ether oxygens (including phenoxy) is 1. The number of anilines is 2. The lowest BCUT2D eigenvalue weighted by Gasteiger charge is -2.36. The number of aromatic amines is 1. The van der Waals surface area contributed by atoms with Gasteiger partial charge in [0.25, 0.3) is 5.91 Å². The van der Waals surface area contributed by atoms with Gasteiger partial charge in [-0.3, -0.25) is 14.8 Å². The number of H-pyrrole nitrogens is 1. The summed E-state index contributed by atoms with van der Waals surface area (Å²) in [7, 11) is 0. The van der Waals surface area contributed by atoms with E-state index in [1.807, 2.05) is 33.8 Å². The van der Waals surface area contributed by atoms with Gasteiger partial charge in [-0.2, -0.15) is 5.10 Å². The Labute approximate surface area is 232 Å². The van der Waals surface area contributed by atoms with Crippen LogP contribution < -0.4 is 10.6 Å². The van der Waals surface area contributed by atoms with Crippen molar-refractivity contribution in [3.05, 3.63) is 65.4 Å². The van der Waals surface area contributed by atoms with Gasteiger partial charge in [0.2, 0.25) is 5.95 Å². The van der Waals surface area contributed by atoms with Crippen molar-refractivity contribution in [2.45, 2.75) is 58.3 Å². The Bertz CT molecular complexity index is 1520. The van der Waals surface area contributed by atoms with Crippen LogP contribution in [0.3, 0.4) is 0 Å². The van der Waals surface area contributed by atoms with Crippen molar-refractivity contribution in [3.8, 4) is 11.3 Å². The Morgan fingerprint density at radius 3 is 2.75 bits per heavy atom. The molecule has 0 radical (unpaired) electrons. The minimum absolute atomic E-state index is 0.158. The molecule has 2 aliphatic heterocycles. The average molecular weight is 543 g/mol. The molecule has 12 heteroatoms. The molecule has 0 unspecified atom stereocenters. The summed E-state index contributed by atoms with van der Waals surface area (Å²) in [6.07, 6.45) is 5.95. The van der Waals surface area contributed by atoms with Crippen molar-refractivity contribution >= 4 is 17.5 Å². The number of benzene rings is 1. The van der Waals surface area contributed by atoms with Gasteiger partial charge in [-0.15, -0.1) is 5.10 Å². The summed E-state index contributed by atoms with van der Waals surface area (Å²) in [5.74, 6) is 0.274. The number of nitrogens with zero attached hydrogens (tertiary/aromatic N) is 7. The quantitative estimate of drug-likeness (QED) is 0.335. The van der Waals surface area contributed by atoms with Crippen molar-refractivity contribution in [1.29, 1.82) is 0 Å². The van der Waals surface area contributed by atoms with E-state index < -0.39 is 0 Å². The lowest BCUT2D eigenvalue weighted by Crippen LogP contribution is -2.48. The molecule has 208 valence electrons. The van der Waals surface area contributed by atoms with Crippen LogP contribution in [0.4, 0.5) is 11.6 Å². The third-order valence-electron chi connectivity index (χ3n) is 7.48. The summed E-state index contributed by atoms with van der Waals surface area (Å²) in [5, 5.41) is 21.7. The molecule has 4 aromatic rings. The molecule has 3 N–H and O–H groups in total. The Morgan fingerprint density at radius 2 is 2.05 bits per heavy atom. The largest absolute Gasteiger partial charge is 0.378 e. The topological polar surface area (TPSA) is 139 Å². The number of hydrogen-bond acceptors (Lipinski definition) is 9. The summed E-state index contributed by atoms with van der Waals surface area (Å²) >= 11 is 0. The number of carbonyl (C=O) groups is 1. The number of fused-ring (bicyclic) bond motifs is 1. The number of nitrogens with one attached hydrogen (secondary N) is 3. The van der Waals surface area contributed by atoms with E-state index in [0.29, 0.717) is 17.7 Å². The minimum atomic E-state index is -0.254. The molecule has 2 aliphatic rings. The molecule has 3 aromatic heterocycles. The third-order valence-corrected chi connectivity index (χ3v) is 7.48. The highest BCUT2D eigenvalue weighted by Crippen LogP contribution is 2.32. The first-order valence-corrected chi connectivity index (χ1v) is 13.5. The number of aryl methyl sites for hydroxylation is 1. The molecule has 0 spiro atoms. The Balaban J connectivity index is 1.28. The molecule has 0 bridgehead atoms. The Kier molecular flexibility index (Phi) is 6.80. The van der Waals surface area contributed by atoms with Gasteiger partial charge in [0.05, 0.1) is 60.3 Å². The maximum Gasteiger partial charge on any atom is 0.273 e. The van der Waals surface area contributed by atoms with Crippen molar-refractivity contribution in [2.75, 3.05) is 25.1 Å². The van der Waals surface area contributed by atoms with Crippen LogP contribution in [0.15, 0.2) is 42.9 Å². The lowest BCUT2D eigenvalue weighted by molar-refractivity contribution is -0.0678. The van der Waals surface area contributed by atoms with Crippen molar-refractivity contribution in [1.82, 2.24) is 45.4 Å². The van der Waals surface area contributed by atoms with E-state index in [1.165, 1.54) is 0 Å². The van der Waals surface area contributed by atoms with E-state index in [9.17, 15) is 4.79 Å². The molecule has 5 heterocycles. The van der Waals surface area contributed by atoms with Gasteiger partial charge in [-0.25, -0.2) is 14.6 Å². The number of hydrogen-bond donors (Lipinski definition) is 3. The van der Waals surface area contributed by atoms with E-state index in [0.717, 1.165) is 66.5 Å². The van der Waals surface area contributed by atoms with E-state index in [-0.39, 0.29) is 17.5 Å². The second-order valence-corrected chi connectivity index (χ2v) is 11.4. The second kappa shape index (κ2) is 10.4. The normalized spacial score (nSPS) is 18.1. The first kappa shape index (κ1) is 26.1. The number of amides is 1. The van der Waals surface area contributed by atoms with E-state index in [2.05, 4.69) is 59.2 Å². The van der Waals surface area contributed by atoms with Gasteiger partial charge < -0.3 is 15.4 Å². The summed E-state index contributed by atoms with van der Waals surface area (Å²) in [5.41, 5.74) is 5.85. The second-order valence-electron chi connectivity index (χ2n) is 11.4. The Morgan fingerprint density at radius 1 is 1.20 bits per heavy atom. The molecule has 1 fully saturated rings. The van der Waals surface area contributed by atoms with Gasteiger partial charge in [0, 0.05) is 24.8 Å². The fraction of sp³-hybridized carbons (Fsp3) is 0.429. The van der Waals surface area contributed by atoms with Crippen LogP contribution >= 0.6 is 0 Å². The molecule has 0 saturated carbocycles. The Hall–Kier alpha value is -4.16. The summed E-state index contributed by atoms with van der Waals surface area (Å²) in [6.45, 7) is 11.1. The molecular formula is C28H34N10O2. The zero-order chi connectivity index (χ0) is 27.9. The van der Waals surface area contributed by atoms with Gasteiger partial charge in [0.1, 0.15) is 0 Å². The molecule has 0 aliphatic carbocycles. The van der Waals surface area contributed by atoms with Gasteiger partial charge in [-0.05, 0) is 57.4 Å². The number of rotatable bonds is 6. The number of carbonyl (C=O) groups excluding carboxylic acids is 1. The standard InChI is InChI=1S/C28H34N10O2/c1-17-24(12-30-34-17)33-27-29-9-7-22(32-27)18-5-6-21-19(11-18)13-37(20-15-40-16-20)10-8-23(21)31-26(39)25-14-38(36-35-25)28(2,3)4/h5-7,9,11-12,14,20,23H,8,10,13,15-16H2,1-4H3,(H,30,34)(H,31,39)(H,29,32,33)/t23-/m0/s1. The van der Waals surface area contributed by atoms with Gasteiger partial charge >= 0.3 is 0 Å². The maximum atomic E-state index is 13.2. The third kappa shape index (κ3) is 5.32. The van der Waals surface area contributed by atoms with Crippen LogP contribution in [0.1, 0.15) is 60.5 Å². The van der Waals surface area contributed by atoms with Crippen LogP contribution in [0.25, 0.3) is 11.3 Å². The average Bonchev–Trinajstić information content (AvgIpc) is 3.51. The molecule has 40 heavy (non-hydrogen) atoms. The van der Waals surface area contributed by atoms with Crippen LogP contribution in [-0.4, -0.2) is 71.8 Å². The molecule has 1 amide bonds. The van der Waals surface area contributed by atoms with Crippen molar-refractivity contribution in [3.63, 3.8) is 0 Å². The molecule has 1 saturated heterocycles. The molecule has 1 aromatic carbocycles. The fourth-order valence-electron chi connectivity index (χ4n) is 4.99. The smallest absolute Gasteiger partial charge is 0.273 e. The predicted molar refractivity (Wildman–Crippen MR) is 149 cm³/mol. The SMILES string of the molecule is Cc1[nH]ncc1Nc1nccc(-c2ccc3c(c2)CN(C2COC2)CC[C@@H]3NC(=O)c2cn(C(C)(C)C)nn2)n1. The summed E-state index contributed by atoms with van der Waals surface area (Å²) in [4.78, 5) is 24.8. The minimum Gasteiger partial charge on any atom is -0.378 e. The van der Waals surface area contributed by atoms with Crippen LogP contribution in [-0.2, 0) is 16.8 Å². The zero-order valence-corrected chi connectivity index (χ0v) is 23.2. The van der Waals surface area contributed by atoms with Crippen LogP contribution in [0.2, 0.25) is 0 Å². The zero-order valence-electron chi connectivity index (χ0n) is 23.2. The molecule has 1 atom stereocenters. The molecular weight excluding hydrogens is 508 g/mol. The molecule has 12 nitrogen and oxygen atoms in total. The summed E-state index contributed by atoms with van der Waals surface area (Å²) < 4.78 is 7.21. The highest BCUT2D eigenvalue weighted by atomic mass is 16.5. The van der Waals surface area contributed by atoms with E-state index in [1.54, 1.807) is 23.3 Å². The summed E-state index contributed by atoms with van der Waals surface area (Å²) in [6, 6.07) is 8.47. The van der Waals surface area contributed by atoms with Crippen LogP contribution in [0, 0.1) is 6.92 Å².